The van der Waals surface area contributed by atoms with Crippen LogP contribution in [0.2, 0.25) is 0 Å². The monoisotopic (exact) mass is 393 g/mol. The first-order chi connectivity index (χ1) is 13.8. The first-order valence-corrected chi connectivity index (χ1v) is 10.4. The van der Waals surface area contributed by atoms with Crippen molar-refractivity contribution in [1.29, 1.82) is 0 Å². The maximum absolute atomic E-state index is 12.9. The van der Waals surface area contributed by atoms with Gasteiger partial charge < -0.3 is 15.1 Å². The number of hydrogen-bond acceptors (Lipinski definition) is 3. The summed E-state index contributed by atoms with van der Waals surface area (Å²) in [6.07, 6.45) is 0.246. The fraction of sp³-hybridized carbons (Fsp3) is 0.417. The highest BCUT2D eigenvalue weighted by Crippen LogP contribution is 2.30. The van der Waals surface area contributed by atoms with Gasteiger partial charge in [0.1, 0.15) is 0 Å². The first-order valence-electron chi connectivity index (χ1n) is 10.4. The van der Waals surface area contributed by atoms with E-state index in [2.05, 4.69) is 30.1 Å². The molecule has 1 unspecified atom stereocenters. The number of carbonyl (C=O) groups is 2. The summed E-state index contributed by atoms with van der Waals surface area (Å²) in [5.41, 5.74) is 6.13. The standard InChI is InChI=1S/C24H31N3O2/c1-6-26(7-2)20-11-12-21(17(4)13-20)25-24(29)19-14-23(28)27(15-19)22-10-8-9-16(3)18(22)5/h8-13,19H,6-7,14-15H2,1-5H3,(H,25,29). The highest BCUT2D eigenvalue weighted by Gasteiger charge is 2.35. The van der Waals surface area contributed by atoms with Crippen molar-refractivity contribution in [2.45, 2.75) is 41.0 Å². The van der Waals surface area contributed by atoms with E-state index in [1.165, 1.54) is 0 Å². The molecule has 1 heterocycles. The minimum Gasteiger partial charge on any atom is -0.372 e. The van der Waals surface area contributed by atoms with Crippen molar-refractivity contribution in [2.75, 3.05) is 34.8 Å². The molecule has 3 rings (SSSR count). The summed E-state index contributed by atoms with van der Waals surface area (Å²) < 4.78 is 0. The Morgan fingerprint density at radius 2 is 1.83 bits per heavy atom. The molecule has 1 fully saturated rings. The van der Waals surface area contributed by atoms with Crippen LogP contribution < -0.4 is 15.1 Å². The second-order valence-electron chi connectivity index (χ2n) is 7.79. The smallest absolute Gasteiger partial charge is 0.229 e. The van der Waals surface area contributed by atoms with Crippen LogP contribution >= 0.6 is 0 Å². The number of hydrogen-bond donors (Lipinski definition) is 1. The van der Waals surface area contributed by atoms with Gasteiger partial charge in [0.2, 0.25) is 11.8 Å². The summed E-state index contributed by atoms with van der Waals surface area (Å²) in [4.78, 5) is 29.5. The zero-order valence-corrected chi connectivity index (χ0v) is 18.1. The van der Waals surface area contributed by atoms with Gasteiger partial charge in [-0.1, -0.05) is 12.1 Å². The van der Waals surface area contributed by atoms with E-state index in [1.807, 2.05) is 51.1 Å². The average Bonchev–Trinajstić information content (AvgIpc) is 3.08. The van der Waals surface area contributed by atoms with Crippen LogP contribution in [0.5, 0.6) is 0 Å². The molecule has 0 aliphatic carbocycles. The number of nitrogens with zero attached hydrogens (tertiary/aromatic N) is 2. The number of aryl methyl sites for hydroxylation is 2. The van der Waals surface area contributed by atoms with Gasteiger partial charge in [0.25, 0.3) is 0 Å². The fourth-order valence-electron chi connectivity index (χ4n) is 3.95. The Morgan fingerprint density at radius 3 is 2.48 bits per heavy atom. The molecular weight excluding hydrogens is 362 g/mol. The van der Waals surface area contributed by atoms with Crippen molar-refractivity contribution < 1.29 is 9.59 Å². The molecule has 1 atom stereocenters. The Bertz CT molecular complexity index is 918. The summed E-state index contributed by atoms with van der Waals surface area (Å²) >= 11 is 0. The summed E-state index contributed by atoms with van der Waals surface area (Å²) in [5, 5.41) is 3.04. The van der Waals surface area contributed by atoms with Gasteiger partial charge in [-0.05, 0) is 75.6 Å². The zero-order valence-electron chi connectivity index (χ0n) is 18.1. The molecule has 1 aliphatic rings. The van der Waals surface area contributed by atoms with Crippen molar-refractivity contribution in [3.05, 3.63) is 53.1 Å². The Balaban J connectivity index is 1.72. The van der Waals surface area contributed by atoms with Crippen LogP contribution in [0.4, 0.5) is 17.1 Å². The van der Waals surface area contributed by atoms with E-state index >= 15 is 0 Å². The molecule has 0 bridgehead atoms. The predicted molar refractivity (Wildman–Crippen MR) is 120 cm³/mol. The molecule has 2 amide bonds. The van der Waals surface area contributed by atoms with Gasteiger partial charge in [-0.3, -0.25) is 9.59 Å². The SMILES string of the molecule is CCN(CC)c1ccc(NC(=O)C2CC(=O)N(c3cccc(C)c3C)C2)c(C)c1. The fourth-order valence-corrected chi connectivity index (χ4v) is 3.95. The molecule has 1 N–H and O–H groups in total. The second-order valence-corrected chi connectivity index (χ2v) is 7.79. The third kappa shape index (κ3) is 4.29. The van der Waals surface area contributed by atoms with Crippen LogP contribution in [0, 0.1) is 26.7 Å². The lowest BCUT2D eigenvalue weighted by molar-refractivity contribution is -0.122. The normalized spacial score (nSPS) is 16.2. The number of amides is 2. The van der Waals surface area contributed by atoms with Crippen LogP contribution in [0.1, 0.15) is 37.0 Å². The number of carbonyl (C=O) groups excluding carboxylic acids is 2. The number of anilines is 3. The van der Waals surface area contributed by atoms with E-state index in [0.717, 1.165) is 46.8 Å². The molecule has 5 heteroatoms. The molecule has 1 aliphatic heterocycles. The number of rotatable bonds is 6. The number of benzene rings is 2. The molecule has 2 aromatic rings. The molecule has 5 nitrogen and oxygen atoms in total. The summed E-state index contributed by atoms with van der Waals surface area (Å²) in [7, 11) is 0. The number of nitrogens with one attached hydrogen (secondary N) is 1. The molecule has 0 aromatic heterocycles. The van der Waals surface area contributed by atoms with Crippen LogP contribution in [0.3, 0.4) is 0 Å². The third-order valence-electron chi connectivity index (χ3n) is 5.96. The third-order valence-corrected chi connectivity index (χ3v) is 5.96. The van der Waals surface area contributed by atoms with Gasteiger partial charge in [-0.2, -0.15) is 0 Å². The average molecular weight is 394 g/mol. The van der Waals surface area contributed by atoms with E-state index in [9.17, 15) is 9.59 Å². The van der Waals surface area contributed by atoms with E-state index in [-0.39, 0.29) is 24.2 Å². The van der Waals surface area contributed by atoms with Crippen molar-refractivity contribution in [2.24, 2.45) is 5.92 Å². The highest BCUT2D eigenvalue weighted by atomic mass is 16.2. The molecule has 2 aromatic carbocycles. The summed E-state index contributed by atoms with van der Waals surface area (Å²) in [6, 6.07) is 12.0. The molecule has 0 spiro atoms. The second kappa shape index (κ2) is 8.68. The van der Waals surface area contributed by atoms with Gasteiger partial charge in [0.15, 0.2) is 0 Å². The molecule has 0 radical (unpaired) electrons. The molecule has 0 saturated carbocycles. The van der Waals surface area contributed by atoms with Gasteiger partial charge in [0, 0.05) is 43.1 Å². The topological polar surface area (TPSA) is 52.7 Å². The molecule has 29 heavy (non-hydrogen) atoms. The van der Waals surface area contributed by atoms with E-state index in [1.54, 1.807) is 4.90 Å². The van der Waals surface area contributed by atoms with E-state index in [4.69, 9.17) is 0 Å². The molecule has 1 saturated heterocycles. The van der Waals surface area contributed by atoms with Crippen molar-refractivity contribution in [3.8, 4) is 0 Å². The van der Waals surface area contributed by atoms with Gasteiger partial charge in [0.05, 0.1) is 5.92 Å². The van der Waals surface area contributed by atoms with Crippen LogP contribution in [0.15, 0.2) is 36.4 Å². The minimum atomic E-state index is -0.343. The van der Waals surface area contributed by atoms with E-state index < -0.39 is 0 Å². The van der Waals surface area contributed by atoms with Gasteiger partial charge in [-0.25, -0.2) is 0 Å². The largest absolute Gasteiger partial charge is 0.372 e. The maximum atomic E-state index is 12.9. The van der Waals surface area contributed by atoms with Gasteiger partial charge in [-0.15, -0.1) is 0 Å². The molecular formula is C24H31N3O2. The van der Waals surface area contributed by atoms with Crippen LogP contribution in [-0.4, -0.2) is 31.4 Å². The lowest BCUT2D eigenvalue weighted by atomic mass is 10.1. The quantitative estimate of drug-likeness (QED) is 0.789. The summed E-state index contributed by atoms with van der Waals surface area (Å²) in [6.45, 7) is 12.6. The molecule has 154 valence electrons. The Morgan fingerprint density at radius 1 is 1.10 bits per heavy atom. The predicted octanol–water partition coefficient (Wildman–Crippen LogP) is 4.45. The lowest BCUT2D eigenvalue weighted by Crippen LogP contribution is -2.29. The lowest BCUT2D eigenvalue weighted by Gasteiger charge is -2.22. The highest BCUT2D eigenvalue weighted by molar-refractivity contribution is 6.04. The first kappa shape index (κ1) is 20.9. The van der Waals surface area contributed by atoms with Crippen molar-refractivity contribution >= 4 is 28.9 Å². The maximum Gasteiger partial charge on any atom is 0.229 e. The zero-order chi connectivity index (χ0) is 21.1. The van der Waals surface area contributed by atoms with Crippen molar-refractivity contribution in [1.82, 2.24) is 0 Å². The Kier molecular flexibility index (Phi) is 6.26. The Labute approximate surface area is 173 Å². The summed E-state index contributed by atoms with van der Waals surface area (Å²) in [5.74, 6) is -0.429. The Hall–Kier alpha value is -2.82. The van der Waals surface area contributed by atoms with Gasteiger partial charge >= 0.3 is 0 Å². The van der Waals surface area contributed by atoms with Crippen LogP contribution in [0.25, 0.3) is 0 Å². The van der Waals surface area contributed by atoms with Crippen molar-refractivity contribution in [3.63, 3.8) is 0 Å². The van der Waals surface area contributed by atoms with Crippen LogP contribution in [-0.2, 0) is 9.59 Å². The van der Waals surface area contributed by atoms with E-state index in [0.29, 0.717) is 6.54 Å². The minimum absolute atomic E-state index is 0.00690.